The summed E-state index contributed by atoms with van der Waals surface area (Å²) in [6.07, 6.45) is 2.94. The predicted molar refractivity (Wildman–Crippen MR) is 83.0 cm³/mol. The third-order valence-corrected chi connectivity index (χ3v) is 2.79. The Hall–Kier alpha value is -3.33. The normalized spacial score (nSPS) is 10.6. The van der Waals surface area contributed by atoms with Crippen molar-refractivity contribution in [3.05, 3.63) is 59.9 Å². The van der Waals surface area contributed by atoms with E-state index in [0.29, 0.717) is 5.82 Å². The standard InChI is InChI=1S/C16H14N4O2/c1-11-6-7-15(18-9-11)19-10-12(8-17)16(22)20-13-4-2-3-5-14(13)21/h2-7,9-10,21H,1H3,(H,18,19)(H,20,22)/b12-10-. The number of carbonyl (C=O) groups excluding carboxylic acids is 1. The first-order chi connectivity index (χ1) is 10.6. The van der Waals surface area contributed by atoms with Crippen molar-refractivity contribution in [3.8, 4) is 11.8 Å². The van der Waals surface area contributed by atoms with Crippen LogP contribution in [0, 0.1) is 18.3 Å². The molecule has 0 aliphatic carbocycles. The van der Waals surface area contributed by atoms with Gasteiger partial charge in [0.1, 0.15) is 23.2 Å². The number of rotatable bonds is 4. The quantitative estimate of drug-likeness (QED) is 0.457. The van der Waals surface area contributed by atoms with Crippen LogP contribution in [-0.4, -0.2) is 16.0 Å². The van der Waals surface area contributed by atoms with Gasteiger partial charge < -0.3 is 15.7 Å². The molecule has 0 bridgehead atoms. The molecule has 0 saturated carbocycles. The minimum atomic E-state index is -0.622. The summed E-state index contributed by atoms with van der Waals surface area (Å²) in [6.45, 7) is 1.91. The number of aromatic nitrogens is 1. The van der Waals surface area contributed by atoms with Gasteiger partial charge in [0.15, 0.2) is 0 Å². The Morgan fingerprint density at radius 2 is 2.09 bits per heavy atom. The van der Waals surface area contributed by atoms with E-state index in [1.54, 1.807) is 30.5 Å². The predicted octanol–water partition coefficient (Wildman–Crippen LogP) is 2.55. The molecule has 6 nitrogen and oxygen atoms in total. The second-order valence-electron chi connectivity index (χ2n) is 4.51. The lowest BCUT2D eigenvalue weighted by Gasteiger charge is -2.06. The van der Waals surface area contributed by atoms with Crippen LogP contribution in [0.1, 0.15) is 5.56 Å². The van der Waals surface area contributed by atoms with Gasteiger partial charge in [0.25, 0.3) is 5.91 Å². The summed E-state index contributed by atoms with van der Waals surface area (Å²) in [5, 5.41) is 23.9. The van der Waals surface area contributed by atoms with Gasteiger partial charge in [0.05, 0.1) is 5.69 Å². The molecule has 3 N–H and O–H groups in total. The minimum Gasteiger partial charge on any atom is -0.506 e. The molecule has 0 spiro atoms. The molecule has 2 rings (SSSR count). The number of anilines is 2. The van der Waals surface area contributed by atoms with Crippen molar-refractivity contribution in [1.29, 1.82) is 5.26 Å². The van der Waals surface area contributed by atoms with Gasteiger partial charge in [-0.15, -0.1) is 0 Å². The Balaban J connectivity index is 2.09. The van der Waals surface area contributed by atoms with Crippen molar-refractivity contribution in [2.45, 2.75) is 6.92 Å². The van der Waals surface area contributed by atoms with Crippen LogP contribution in [-0.2, 0) is 4.79 Å². The molecule has 0 unspecified atom stereocenters. The molecule has 0 fully saturated rings. The van der Waals surface area contributed by atoms with E-state index in [1.165, 1.54) is 18.3 Å². The van der Waals surface area contributed by atoms with E-state index in [1.807, 2.05) is 13.0 Å². The van der Waals surface area contributed by atoms with E-state index in [4.69, 9.17) is 5.26 Å². The van der Waals surface area contributed by atoms with Crippen molar-refractivity contribution < 1.29 is 9.90 Å². The van der Waals surface area contributed by atoms with Crippen LogP contribution < -0.4 is 10.6 Å². The number of nitriles is 1. The zero-order valence-electron chi connectivity index (χ0n) is 11.9. The fraction of sp³-hybridized carbons (Fsp3) is 0.0625. The molecule has 1 amide bonds. The fourth-order valence-corrected chi connectivity index (χ4v) is 1.62. The summed E-state index contributed by atoms with van der Waals surface area (Å²) in [6, 6.07) is 11.7. The van der Waals surface area contributed by atoms with Crippen molar-refractivity contribution in [2.75, 3.05) is 10.6 Å². The van der Waals surface area contributed by atoms with E-state index >= 15 is 0 Å². The molecule has 110 valence electrons. The lowest BCUT2D eigenvalue weighted by atomic mass is 10.2. The number of aryl methyl sites for hydroxylation is 1. The van der Waals surface area contributed by atoms with Crippen LogP contribution in [0.25, 0.3) is 0 Å². The highest BCUT2D eigenvalue weighted by Crippen LogP contribution is 2.21. The second kappa shape index (κ2) is 6.90. The lowest BCUT2D eigenvalue weighted by molar-refractivity contribution is -0.112. The summed E-state index contributed by atoms with van der Waals surface area (Å²) in [5.41, 5.74) is 1.11. The van der Waals surface area contributed by atoms with Gasteiger partial charge in [-0.1, -0.05) is 18.2 Å². The van der Waals surface area contributed by atoms with Gasteiger partial charge in [-0.2, -0.15) is 5.26 Å². The third-order valence-electron chi connectivity index (χ3n) is 2.79. The summed E-state index contributed by atoms with van der Waals surface area (Å²) in [5.74, 6) is -0.168. The summed E-state index contributed by atoms with van der Waals surface area (Å²) in [7, 11) is 0. The first kappa shape index (κ1) is 15.1. The maximum absolute atomic E-state index is 12.0. The van der Waals surface area contributed by atoms with Crippen LogP contribution in [0.2, 0.25) is 0 Å². The zero-order chi connectivity index (χ0) is 15.9. The molecule has 0 radical (unpaired) electrons. The van der Waals surface area contributed by atoms with Gasteiger partial charge in [-0.3, -0.25) is 4.79 Å². The summed E-state index contributed by atoms with van der Waals surface area (Å²) < 4.78 is 0. The highest BCUT2D eigenvalue weighted by molar-refractivity contribution is 6.07. The number of amides is 1. The number of carbonyl (C=O) groups is 1. The van der Waals surface area contributed by atoms with Crippen molar-refractivity contribution in [3.63, 3.8) is 0 Å². The van der Waals surface area contributed by atoms with E-state index in [9.17, 15) is 9.90 Å². The lowest BCUT2D eigenvalue weighted by Crippen LogP contribution is -2.14. The molecule has 0 saturated heterocycles. The second-order valence-corrected chi connectivity index (χ2v) is 4.51. The first-order valence-electron chi connectivity index (χ1n) is 6.49. The van der Waals surface area contributed by atoms with Crippen molar-refractivity contribution >= 4 is 17.4 Å². The molecule has 0 aliphatic heterocycles. The number of hydrogen-bond acceptors (Lipinski definition) is 5. The highest BCUT2D eigenvalue weighted by atomic mass is 16.3. The van der Waals surface area contributed by atoms with Crippen LogP contribution in [0.4, 0.5) is 11.5 Å². The number of aromatic hydroxyl groups is 1. The van der Waals surface area contributed by atoms with E-state index in [0.717, 1.165) is 5.56 Å². The minimum absolute atomic E-state index is 0.0682. The first-order valence-corrected chi connectivity index (χ1v) is 6.49. The number of hydrogen-bond donors (Lipinski definition) is 3. The van der Waals surface area contributed by atoms with Gasteiger partial charge >= 0.3 is 0 Å². The Labute approximate surface area is 127 Å². The topological polar surface area (TPSA) is 98.0 Å². The average molecular weight is 294 g/mol. The van der Waals surface area contributed by atoms with Crippen LogP contribution in [0.3, 0.4) is 0 Å². The maximum atomic E-state index is 12.0. The molecule has 22 heavy (non-hydrogen) atoms. The Morgan fingerprint density at radius 1 is 1.32 bits per heavy atom. The third kappa shape index (κ3) is 3.84. The molecule has 2 aromatic rings. The fourth-order valence-electron chi connectivity index (χ4n) is 1.62. The van der Waals surface area contributed by atoms with Gasteiger partial charge in [-0.25, -0.2) is 4.98 Å². The average Bonchev–Trinajstić information content (AvgIpc) is 2.52. The highest BCUT2D eigenvalue weighted by Gasteiger charge is 2.11. The Kier molecular flexibility index (Phi) is 4.73. The van der Waals surface area contributed by atoms with Gasteiger partial charge in [0, 0.05) is 12.4 Å². The molecular formula is C16H14N4O2. The van der Waals surface area contributed by atoms with Crippen LogP contribution >= 0.6 is 0 Å². The summed E-state index contributed by atoms with van der Waals surface area (Å²) in [4.78, 5) is 16.1. The monoisotopic (exact) mass is 294 g/mol. The van der Waals surface area contributed by atoms with E-state index in [2.05, 4.69) is 15.6 Å². The van der Waals surface area contributed by atoms with E-state index in [-0.39, 0.29) is 17.0 Å². The molecular weight excluding hydrogens is 280 g/mol. The van der Waals surface area contributed by atoms with Crippen molar-refractivity contribution in [1.82, 2.24) is 4.98 Å². The van der Waals surface area contributed by atoms with Crippen LogP contribution in [0.5, 0.6) is 5.75 Å². The maximum Gasteiger partial charge on any atom is 0.267 e. The number of pyridine rings is 1. The number of phenols is 1. The number of nitrogens with one attached hydrogen (secondary N) is 2. The molecule has 1 heterocycles. The molecule has 1 aromatic carbocycles. The Bertz CT molecular complexity index is 745. The SMILES string of the molecule is Cc1ccc(N/C=C(/C#N)C(=O)Nc2ccccc2O)nc1. The number of para-hydroxylation sites is 2. The van der Waals surface area contributed by atoms with E-state index < -0.39 is 5.91 Å². The summed E-state index contributed by atoms with van der Waals surface area (Å²) >= 11 is 0. The Morgan fingerprint density at radius 3 is 2.73 bits per heavy atom. The molecule has 1 aromatic heterocycles. The molecule has 6 heteroatoms. The van der Waals surface area contributed by atoms with Gasteiger partial charge in [-0.05, 0) is 30.7 Å². The zero-order valence-corrected chi connectivity index (χ0v) is 11.9. The number of phenolic OH excluding ortho intramolecular Hbond substituents is 1. The molecule has 0 aliphatic rings. The van der Waals surface area contributed by atoms with Crippen molar-refractivity contribution in [2.24, 2.45) is 0 Å². The van der Waals surface area contributed by atoms with Crippen LogP contribution in [0.15, 0.2) is 54.4 Å². The number of nitrogens with zero attached hydrogens (tertiary/aromatic N) is 2. The number of benzene rings is 1. The van der Waals surface area contributed by atoms with Gasteiger partial charge in [0.2, 0.25) is 0 Å². The largest absolute Gasteiger partial charge is 0.506 e. The molecule has 0 atom stereocenters. The smallest absolute Gasteiger partial charge is 0.267 e.